The zero-order valence-corrected chi connectivity index (χ0v) is 16.1. The Hall–Kier alpha value is -3.58. The maximum Gasteiger partial charge on any atom is 0.322 e. The smallest absolute Gasteiger partial charge is 0.322 e. The van der Waals surface area contributed by atoms with Crippen LogP contribution in [0.5, 0.6) is 5.75 Å². The van der Waals surface area contributed by atoms with E-state index >= 15 is 0 Å². The highest BCUT2D eigenvalue weighted by atomic mass is 35.5. The van der Waals surface area contributed by atoms with Crippen LogP contribution in [0.15, 0.2) is 63.4 Å². The van der Waals surface area contributed by atoms with Crippen molar-refractivity contribution in [2.75, 3.05) is 11.9 Å². The first-order valence-corrected chi connectivity index (χ1v) is 9.24. The number of fused-ring (bicyclic) bond motifs is 1. The van der Waals surface area contributed by atoms with Crippen molar-refractivity contribution in [3.8, 4) is 17.4 Å². The maximum atomic E-state index is 12.1. The van der Waals surface area contributed by atoms with Crippen molar-refractivity contribution in [1.82, 2.24) is 10.2 Å². The summed E-state index contributed by atoms with van der Waals surface area (Å²) < 4.78 is 16.9. The van der Waals surface area contributed by atoms with Gasteiger partial charge in [-0.2, -0.15) is 0 Å². The quantitative estimate of drug-likeness (QED) is 0.441. The van der Waals surface area contributed by atoms with Gasteiger partial charge in [0.2, 0.25) is 0 Å². The summed E-state index contributed by atoms with van der Waals surface area (Å²) in [5.74, 6) is 0.734. The molecule has 1 N–H and O–H groups in total. The van der Waals surface area contributed by atoms with Crippen molar-refractivity contribution < 1.29 is 18.4 Å². The van der Waals surface area contributed by atoms with Gasteiger partial charge in [-0.15, -0.1) is 5.10 Å². The number of carbonyl (C=O) groups is 1. The summed E-state index contributed by atoms with van der Waals surface area (Å²) in [4.78, 5) is 12.1. The Morgan fingerprint density at radius 3 is 2.86 bits per heavy atom. The Labute approximate surface area is 170 Å². The second kappa shape index (κ2) is 8.20. The predicted octanol–water partition coefficient (Wildman–Crippen LogP) is 5.19. The van der Waals surface area contributed by atoms with E-state index in [-0.39, 0.29) is 11.9 Å². The summed E-state index contributed by atoms with van der Waals surface area (Å²) in [6.07, 6.45) is 2.93. The van der Waals surface area contributed by atoms with Crippen molar-refractivity contribution in [3.63, 3.8) is 0 Å². The first-order valence-electron chi connectivity index (χ1n) is 8.87. The molecule has 29 heavy (non-hydrogen) atoms. The first-order chi connectivity index (χ1) is 14.1. The van der Waals surface area contributed by atoms with Gasteiger partial charge in [0.15, 0.2) is 17.1 Å². The van der Waals surface area contributed by atoms with E-state index in [1.165, 1.54) is 6.08 Å². The Morgan fingerprint density at radius 2 is 2.03 bits per heavy atom. The lowest BCUT2D eigenvalue weighted by Gasteiger charge is -2.01. The lowest BCUT2D eigenvalue weighted by molar-refractivity contribution is -0.112. The second-order valence-electron chi connectivity index (χ2n) is 5.97. The third kappa shape index (κ3) is 4.14. The highest BCUT2D eigenvalue weighted by Crippen LogP contribution is 2.33. The molecule has 4 rings (SSSR count). The van der Waals surface area contributed by atoms with Crippen LogP contribution in [0.1, 0.15) is 12.5 Å². The van der Waals surface area contributed by atoms with E-state index in [1.807, 2.05) is 37.3 Å². The zero-order chi connectivity index (χ0) is 20.2. The third-order valence-electron chi connectivity index (χ3n) is 3.99. The van der Waals surface area contributed by atoms with Gasteiger partial charge in [-0.3, -0.25) is 10.1 Å². The number of furan rings is 1. The fourth-order valence-electron chi connectivity index (χ4n) is 2.71. The number of amides is 1. The van der Waals surface area contributed by atoms with Crippen LogP contribution in [0.25, 0.3) is 28.7 Å². The van der Waals surface area contributed by atoms with Crippen LogP contribution in [-0.2, 0) is 4.79 Å². The van der Waals surface area contributed by atoms with Crippen molar-refractivity contribution >= 4 is 40.6 Å². The number of halogens is 1. The summed E-state index contributed by atoms with van der Waals surface area (Å²) in [5, 5.41) is 11.7. The number of rotatable bonds is 6. The van der Waals surface area contributed by atoms with Gasteiger partial charge < -0.3 is 13.6 Å². The van der Waals surface area contributed by atoms with Gasteiger partial charge in [-0.25, -0.2) is 0 Å². The number of hydrogen-bond acceptors (Lipinski definition) is 6. The summed E-state index contributed by atoms with van der Waals surface area (Å²) in [6.45, 7) is 2.42. The second-order valence-corrected chi connectivity index (χ2v) is 6.38. The lowest BCUT2D eigenvalue weighted by atomic mass is 10.2. The molecule has 0 aliphatic rings. The number of anilines is 1. The van der Waals surface area contributed by atoms with Crippen LogP contribution in [0.4, 0.5) is 6.01 Å². The molecule has 0 saturated carbocycles. The molecule has 0 radical (unpaired) electrons. The van der Waals surface area contributed by atoms with E-state index in [0.717, 1.165) is 10.9 Å². The molecule has 2 aromatic carbocycles. The van der Waals surface area contributed by atoms with Crippen molar-refractivity contribution in [2.24, 2.45) is 0 Å². The Bertz CT molecular complexity index is 1200. The van der Waals surface area contributed by atoms with Gasteiger partial charge in [0.05, 0.1) is 6.61 Å². The van der Waals surface area contributed by atoms with Gasteiger partial charge in [0, 0.05) is 16.5 Å². The number of hydrogen-bond donors (Lipinski definition) is 1. The molecule has 2 aromatic heterocycles. The molecule has 0 bridgehead atoms. The van der Waals surface area contributed by atoms with Crippen LogP contribution in [-0.4, -0.2) is 22.7 Å². The average Bonchev–Trinajstić information content (AvgIpc) is 3.35. The van der Waals surface area contributed by atoms with Crippen molar-refractivity contribution in [2.45, 2.75) is 6.92 Å². The fraction of sp³-hybridized carbons (Fsp3) is 0.0952. The number of nitrogens with one attached hydrogen (secondary N) is 1. The lowest BCUT2D eigenvalue weighted by Crippen LogP contribution is -2.07. The van der Waals surface area contributed by atoms with E-state index in [0.29, 0.717) is 28.7 Å². The molecule has 7 nitrogen and oxygen atoms in total. The molecule has 0 spiro atoms. The van der Waals surface area contributed by atoms with E-state index in [4.69, 9.17) is 25.2 Å². The Morgan fingerprint density at radius 1 is 1.17 bits per heavy atom. The highest BCUT2D eigenvalue weighted by molar-refractivity contribution is 6.32. The summed E-state index contributed by atoms with van der Waals surface area (Å²) in [7, 11) is 0. The molecule has 0 fully saturated rings. The zero-order valence-electron chi connectivity index (χ0n) is 15.4. The van der Waals surface area contributed by atoms with E-state index in [1.54, 1.807) is 24.3 Å². The van der Waals surface area contributed by atoms with Crippen LogP contribution in [0.2, 0.25) is 5.02 Å². The number of nitrogens with zero attached hydrogens (tertiary/aromatic N) is 2. The molecule has 1 amide bonds. The minimum atomic E-state index is -0.427. The molecule has 4 aromatic rings. The van der Waals surface area contributed by atoms with E-state index in [9.17, 15) is 4.79 Å². The van der Waals surface area contributed by atoms with Crippen molar-refractivity contribution in [3.05, 3.63) is 65.2 Å². The highest BCUT2D eigenvalue weighted by Gasteiger charge is 2.16. The van der Waals surface area contributed by atoms with Crippen LogP contribution in [0.3, 0.4) is 0 Å². The van der Waals surface area contributed by atoms with E-state index < -0.39 is 5.91 Å². The molecule has 146 valence electrons. The SMILES string of the molecule is CCOc1cccc2cc(-c3nnc(NC(=O)C=Cc4ccccc4Cl)o3)oc12. The Kier molecular flexibility index (Phi) is 5.31. The summed E-state index contributed by atoms with van der Waals surface area (Å²) in [5.41, 5.74) is 1.32. The topological polar surface area (TPSA) is 90.4 Å². The molecule has 8 heteroatoms. The minimum absolute atomic E-state index is 0.0423. The number of carbonyl (C=O) groups excluding carboxylic acids is 1. The predicted molar refractivity (Wildman–Crippen MR) is 110 cm³/mol. The van der Waals surface area contributed by atoms with Gasteiger partial charge in [0.1, 0.15) is 0 Å². The van der Waals surface area contributed by atoms with Gasteiger partial charge in [-0.05, 0) is 36.8 Å². The van der Waals surface area contributed by atoms with Crippen LogP contribution < -0.4 is 10.1 Å². The molecule has 0 atom stereocenters. The monoisotopic (exact) mass is 409 g/mol. The van der Waals surface area contributed by atoms with Crippen LogP contribution >= 0.6 is 11.6 Å². The molecule has 0 saturated heterocycles. The van der Waals surface area contributed by atoms with E-state index in [2.05, 4.69) is 15.5 Å². The maximum absolute atomic E-state index is 12.1. The van der Waals surface area contributed by atoms with Crippen molar-refractivity contribution in [1.29, 1.82) is 0 Å². The molecular weight excluding hydrogens is 394 g/mol. The summed E-state index contributed by atoms with van der Waals surface area (Å²) >= 11 is 6.06. The number of ether oxygens (including phenoxy) is 1. The number of benzene rings is 2. The number of aromatic nitrogens is 2. The average molecular weight is 410 g/mol. The first kappa shape index (κ1) is 18.8. The molecule has 2 heterocycles. The summed E-state index contributed by atoms with van der Waals surface area (Å²) in [6, 6.07) is 14.5. The van der Waals surface area contributed by atoms with Crippen LogP contribution in [0, 0.1) is 0 Å². The standard InChI is InChI=1S/C21H16ClN3O4/c1-2-27-16-9-5-7-14-12-17(28-19(14)16)20-24-25-21(29-20)23-18(26)11-10-13-6-3-4-8-15(13)22/h3-12H,2H2,1H3,(H,23,25,26). The molecular formula is C21H16ClN3O4. The molecule has 0 aliphatic carbocycles. The Balaban J connectivity index is 1.50. The number of para-hydroxylation sites is 1. The largest absolute Gasteiger partial charge is 0.490 e. The fourth-order valence-corrected chi connectivity index (χ4v) is 2.91. The third-order valence-corrected chi connectivity index (χ3v) is 4.34. The van der Waals surface area contributed by atoms with Gasteiger partial charge in [-0.1, -0.05) is 47.0 Å². The van der Waals surface area contributed by atoms with Gasteiger partial charge >= 0.3 is 6.01 Å². The normalized spacial score (nSPS) is 11.2. The molecule has 0 aliphatic heterocycles. The van der Waals surface area contributed by atoms with Gasteiger partial charge in [0.25, 0.3) is 11.8 Å². The minimum Gasteiger partial charge on any atom is -0.490 e. The molecule has 0 unspecified atom stereocenters.